The van der Waals surface area contributed by atoms with Crippen LogP contribution < -0.4 is 10.6 Å². The molecule has 3 aromatic rings. The molecule has 0 atom stereocenters. The number of aromatic nitrogens is 2. The van der Waals surface area contributed by atoms with Gasteiger partial charge in [0.05, 0.1) is 16.9 Å². The average molecular weight is 382 g/mol. The number of carbonyl (C=O) groups excluding carboxylic acids is 2. The van der Waals surface area contributed by atoms with E-state index in [0.717, 1.165) is 17.7 Å². The van der Waals surface area contributed by atoms with Gasteiger partial charge in [0.25, 0.3) is 5.91 Å². The molecule has 2 N–H and O–H groups in total. The van der Waals surface area contributed by atoms with Gasteiger partial charge in [-0.15, -0.1) is 0 Å². The summed E-state index contributed by atoms with van der Waals surface area (Å²) in [5, 5.41) is 5.19. The Morgan fingerprint density at radius 2 is 1.75 bits per heavy atom. The maximum absolute atomic E-state index is 13.8. The van der Waals surface area contributed by atoms with Crippen molar-refractivity contribution in [1.29, 1.82) is 0 Å². The summed E-state index contributed by atoms with van der Waals surface area (Å²) in [5.41, 5.74) is 2.01. The molecule has 0 saturated carbocycles. The molecule has 2 aromatic heterocycles. The van der Waals surface area contributed by atoms with Crippen LogP contribution in [0.4, 0.5) is 20.3 Å². The lowest BCUT2D eigenvalue weighted by Gasteiger charge is -2.11. The van der Waals surface area contributed by atoms with E-state index in [1.807, 2.05) is 0 Å². The third-order valence-corrected chi connectivity index (χ3v) is 3.91. The van der Waals surface area contributed by atoms with Gasteiger partial charge in [-0.25, -0.2) is 13.8 Å². The first-order valence-electron chi connectivity index (χ1n) is 8.30. The molecule has 142 valence electrons. The van der Waals surface area contributed by atoms with Crippen LogP contribution in [-0.2, 0) is 4.79 Å². The van der Waals surface area contributed by atoms with Gasteiger partial charge in [-0.3, -0.25) is 14.6 Å². The van der Waals surface area contributed by atoms with E-state index in [4.69, 9.17) is 0 Å². The van der Waals surface area contributed by atoms with Gasteiger partial charge >= 0.3 is 0 Å². The molecule has 3 rings (SSSR count). The zero-order chi connectivity index (χ0) is 20.3. The summed E-state index contributed by atoms with van der Waals surface area (Å²) in [6.07, 6.45) is 3.14. The van der Waals surface area contributed by atoms with Crippen LogP contribution in [0.3, 0.4) is 0 Å². The topological polar surface area (TPSA) is 84.0 Å². The minimum atomic E-state index is -0.951. The first-order chi connectivity index (χ1) is 13.3. The first-order valence-corrected chi connectivity index (χ1v) is 8.30. The van der Waals surface area contributed by atoms with Crippen molar-refractivity contribution in [1.82, 2.24) is 9.97 Å². The number of benzene rings is 1. The summed E-state index contributed by atoms with van der Waals surface area (Å²) in [6, 6.07) is 7.81. The van der Waals surface area contributed by atoms with E-state index < -0.39 is 17.5 Å². The van der Waals surface area contributed by atoms with Crippen molar-refractivity contribution >= 4 is 23.3 Å². The van der Waals surface area contributed by atoms with Gasteiger partial charge in [-0.2, -0.15) is 0 Å². The molecule has 0 fully saturated rings. The Hall–Kier alpha value is -3.68. The highest BCUT2D eigenvalue weighted by Gasteiger charge is 2.15. The van der Waals surface area contributed by atoms with Gasteiger partial charge in [0.15, 0.2) is 0 Å². The second-order valence-electron chi connectivity index (χ2n) is 6.05. The molecule has 0 radical (unpaired) electrons. The van der Waals surface area contributed by atoms with Gasteiger partial charge in [-0.05, 0) is 42.8 Å². The number of carbonyl (C=O) groups is 2. The summed E-state index contributed by atoms with van der Waals surface area (Å²) >= 11 is 0. The van der Waals surface area contributed by atoms with Crippen molar-refractivity contribution < 1.29 is 18.4 Å². The second-order valence-corrected chi connectivity index (χ2v) is 6.05. The molecule has 8 heteroatoms. The monoisotopic (exact) mass is 382 g/mol. The van der Waals surface area contributed by atoms with Crippen LogP contribution in [-0.4, -0.2) is 21.8 Å². The number of anilines is 2. The van der Waals surface area contributed by atoms with Crippen LogP contribution in [0.1, 0.15) is 23.0 Å². The predicted octanol–water partition coefficient (Wildman–Crippen LogP) is 3.94. The second kappa shape index (κ2) is 7.91. The molecule has 0 bridgehead atoms. The SMILES string of the molecule is CC(=O)Nc1cc(-c2cnc(C)c(NC(=O)c3ccc(F)cc3F)c2)ccn1. The largest absolute Gasteiger partial charge is 0.320 e. The maximum atomic E-state index is 13.8. The quantitative estimate of drug-likeness (QED) is 0.716. The normalized spacial score (nSPS) is 10.4. The fourth-order valence-corrected chi connectivity index (χ4v) is 2.54. The number of hydrogen-bond donors (Lipinski definition) is 2. The highest BCUT2D eigenvalue weighted by atomic mass is 19.1. The summed E-state index contributed by atoms with van der Waals surface area (Å²) in [5.74, 6) is -2.30. The van der Waals surface area contributed by atoms with Crippen LogP contribution in [0.15, 0.2) is 48.8 Å². The van der Waals surface area contributed by atoms with Gasteiger partial charge < -0.3 is 10.6 Å². The van der Waals surface area contributed by atoms with E-state index in [1.165, 1.54) is 13.1 Å². The van der Waals surface area contributed by atoms with Crippen molar-refractivity contribution in [3.8, 4) is 11.1 Å². The number of halogens is 2. The van der Waals surface area contributed by atoms with Crippen molar-refractivity contribution in [2.45, 2.75) is 13.8 Å². The van der Waals surface area contributed by atoms with Crippen LogP contribution in [0.2, 0.25) is 0 Å². The third-order valence-electron chi connectivity index (χ3n) is 3.91. The standard InChI is InChI=1S/C20H16F2N4O2/c1-11-18(26-20(28)16-4-3-15(21)9-17(16)22)7-14(10-24-11)13-5-6-23-19(8-13)25-12(2)27/h3-10H,1-2H3,(H,26,28)(H,23,25,27). The van der Waals surface area contributed by atoms with Crippen LogP contribution >= 0.6 is 0 Å². The zero-order valence-corrected chi connectivity index (χ0v) is 15.1. The fourth-order valence-electron chi connectivity index (χ4n) is 2.54. The molecule has 0 aliphatic heterocycles. The average Bonchev–Trinajstić information content (AvgIpc) is 2.63. The maximum Gasteiger partial charge on any atom is 0.258 e. The Kier molecular flexibility index (Phi) is 5.39. The number of aryl methyl sites for hydroxylation is 1. The van der Waals surface area contributed by atoms with E-state index in [9.17, 15) is 18.4 Å². The minimum Gasteiger partial charge on any atom is -0.320 e. The smallest absolute Gasteiger partial charge is 0.258 e. The van der Waals surface area contributed by atoms with E-state index >= 15 is 0 Å². The minimum absolute atomic E-state index is 0.249. The summed E-state index contributed by atoms with van der Waals surface area (Å²) in [4.78, 5) is 31.9. The Morgan fingerprint density at radius 3 is 2.46 bits per heavy atom. The molecule has 0 aliphatic carbocycles. The zero-order valence-electron chi connectivity index (χ0n) is 15.1. The highest BCUT2D eigenvalue weighted by Crippen LogP contribution is 2.25. The van der Waals surface area contributed by atoms with Gasteiger partial charge in [-0.1, -0.05) is 0 Å². The summed E-state index contributed by atoms with van der Waals surface area (Å²) in [6.45, 7) is 3.07. The van der Waals surface area contributed by atoms with E-state index in [2.05, 4.69) is 20.6 Å². The Bertz CT molecular complexity index is 1070. The Balaban J connectivity index is 1.89. The van der Waals surface area contributed by atoms with Crippen molar-refractivity contribution in [2.75, 3.05) is 10.6 Å². The van der Waals surface area contributed by atoms with E-state index in [-0.39, 0.29) is 11.5 Å². The Morgan fingerprint density at radius 1 is 0.964 bits per heavy atom. The molecule has 0 saturated heterocycles. The highest BCUT2D eigenvalue weighted by molar-refractivity contribution is 6.05. The van der Waals surface area contributed by atoms with Crippen LogP contribution in [0, 0.1) is 18.6 Å². The third kappa shape index (κ3) is 4.35. The number of amides is 2. The van der Waals surface area contributed by atoms with Crippen molar-refractivity contribution in [3.63, 3.8) is 0 Å². The van der Waals surface area contributed by atoms with Crippen molar-refractivity contribution in [3.05, 3.63) is 71.7 Å². The molecule has 28 heavy (non-hydrogen) atoms. The molecule has 6 nitrogen and oxygen atoms in total. The number of pyridine rings is 2. The van der Waals surface area contributed by atoms with Gasteiger partial charge in [0, 0.05) is 30.9 Å². The lowest BCUT2D eigenvalue weighted by Crippen LogP contribution is -2.15. The van der Waals surface area contributed by atoms with Crippen LogP contribution in [0.25, 0.3) is 11.1 Å². The molecule has 0 unspecified atom stereocenters. The molecule has 0 spiro atoms. The van der Waals surface area contributed by atoms with E-state index in [1.54, 1.807) is 31.3 Å². The number of rotatable bonds is 4. The molecule has 1 aromatic carbocycles. The summed E-state index contributed by atoms with van der Waals surface area (Å²) in [7, 11) is 0. The fraction of sp³-hybridized carbons (Fsp3) is 0.100. The van der Waals surface area contributed by atoms with Crippen molar-refractivity contribution in [2.24, 2.45) is 0 Å². The van der Waals surface area contributed by atoms with Gasteiger partial charge in [0.2, 0.25) is 5.91 Å². The molecule has 2 amide bonds. The Labute approximate surface area is 159 Å². The number of hydrogen-bond acceptors (Lipinski definition) is 4. The summed E-state index contributed by atoms with van der Waals surface area (Å²) < 4.78 is 26.9. The molecular weight excluding hydrogens is 366 g/mol. The lowest BCUT2D eigenvalue weighted by molar-refractivity contribution is -0.114. The van der Waals surface area contributed by atoms with Crippen LogP contribution in [0.5, 0.6) is 0 Å². The lowest BCUT2D eigenvalue weighted by atomic mass is 10.1. The van der Waals surface area contributed by atoms with E-state index in [0.29, 0.717) is 28.8 Å². The number of nitrogens with one attached hydrogen (secondary N) is 2. The molecule has 2 heterocycles. The molecular formula is C20H16F2N4O2. The molecule has 0 aliphatic rings. The van der Waals surface area contributed by atoms with Gasteiger partial charge in [0.1, 0.15) is 17.5 Å². The number of nitrogens with zero attached hydrogens (tertiary/aromatic N) is 2. The first kappa shape index (κ1) is 19.1. The predicted molar refractivity (Wildman–Crippen MR) is 101 cm³/mol.